The minimum atomic E-state index is -3.18. The molecule has 0 aliphatic carbocycles. The number of likely N-dealkylation sites (tertiary alicyclic amines) is 1. The molecular weight excluding hydrogens is 300 g/mol. The number of nitrogens with zero attached hydrogens (tertiary/aromatic N) is 1. The van der Waals surface area contributed by atoms with Gasteiger partial charge in [0.1, 0.15) is 0 Å². The fraction of sp³-hybridized carbons (Fsp3) is 0.438. The van der Waals surface area contributed by atoms with Crippen molar-refractivity contribution in [3.05, 3.63) is 41.5 Å². The number of nitrogens with one attached hydrogen (secondary N) is 1. The molecule has 1 N–H and O–H groups in total. The molecule has 0 bridgehead atoms. The highest BCUT2D eigenvalue weighted by atomic mass is 32.2. The molecule has 0 spiro atoms. The fourth-order valence-electron chi connectivity index (χ4n) is 2.56. The molecule has 0 saturated carbocycles. The average Bonchev–Trinajstić information content (AvgIpc) is 2.45. The molecule has 1 heterocycles. The quantitative estimate of drug-likeness (QED) is 0.855. The summed E-state index contributed by atoms with van der Waals surface area (Å²) in [5, 5.41) is 0. The second-order valence-corrected chi connectivity index (χ2v) is 7.46. The van der Waals surface area contributed by atoms with Crippen molar-refractivity contribution >= 4 is 22.0 Å². The maximum Gasteiger partial charge on any atom is 0.246 e. The normalized spacial score (nSPS) is 17.1. The molecule has 0 aromatic heterocycles. The summed E-state index contributed by atoms with van der Waals surface area (Å²) in [6, 6.07) is 7.82. The average molecular weight is 322 g/mol. The van der Waals surface area contributed by atoms with Crippen molar-refractivity contribution in [1.82, 2.24) is 9.62 Å². The highest BCUT2D eigenvalue weighted by Gasteiger charge is 2.23. The van der Waals surface area contributed by atoms with Crippen LogP contribution in [0.4, 0.5) is 0 Å². The van der Waals surface area contributed by atoms with Crippen LogP contribution in [0.15, 0.2) is 30.3 Å². The third-order valence-electron chi connectivity index (χ3n) is 3.78. The molecule has 0 atom stereocenters. The maximum absolute atomic E-state index is 12.2. The topological polar surface area (TPSA) is 66.5 Å². The summed E-state index contributed by atoms with van der Waals surface area (Å²) in [5.41, 5.74) is 2.16. The molecule has 1 aliphatic heterocycles. The molecule has 1 amide bonds. The summed E-state index contributed by atoms with van der Waals surface area (Å²) in [5.74, 6) is -0.0268. The second-order valence-electron chi connectivity index (χ2n) is 5.68. The van der Waals surface area contributed by atoms with Gasteiger partial charge in [-0.2, -0.15) is 0 Å². The standard InChI is InChI=1S/C16H22N2O3S/c1-13-5-3-4-6-14(13)7-8-16(19)18-11-9-15(10-12-18)17-22(2,20)21/h3-8,15,17H,9-12H2,1-2H3/b8-7+. The van der Waals surface area contributed by atoms with Gasteiger partial charge in [0.05, 0.1) is 6.26 Å². The summed E-state index contributed by atoms with van der Waals surface area (Å²) in [4.78, 5) is 13.9. The first kappa shape index (κ1) is 16.7. The zero-order valence-corrected chi connectivity index (χ0v) is 13.8. The number of hydrogen-bond donors (Lipinski definition) is 1. The van der Waals surface area contributed by atoms with Gasteiger partial charge in [-0.1, -0.05) is 24.3 Å². The van der Waals surface area contributed by atoms with Crippen molar-refractivity contribution in [2.75, 3.05) is 19.3 Å². The number of carbonyl (C=O) groups is 1. The van der Waals surface area contributed by atoms with Crippen LogP contribution < -0.4 is 4.72 Å². The van der Waals surface area contributed by atoms with Crippen LogP contribution in [0.3, 0.4) is 0 Å². The van der Waals surface area contributed by atoms with Crippen molar-refractivity contribution < 1.29 is 13.2 Å². The van der Waals surface area contributed by atoms with E-state index in [1.807, 2.05) is 37.3 Å². The van der Waals surface area contributed by atoms with Gasteiger partial charge in [0.25, 0.3) is 0 Å². The number of piperidine rings is 1. The monoisotopic (exact) mass is 322 g/mol. The lowest BCUT2D eigenvalue weighted by Crippen LogP contribution is -2.45. The van der Waals surface area contributed by atoms with E-state index in [9.17, 15) is 13.2 Å². The van der Waals surface area contributed by atoms with E-state index in [0.717, 1.165) is 17.4 Å². The van der Waals surface area contributed by atoms with Crippen molar-refractivity contribution in [1.29, 1.82) is 0 Å². The molecular formula is C16H22N2O3S. The van der Waals surface area contributed by atoms with Gasteiger partial charge < -0.3 is 4.90 Å². The van der Waals surface area contributed by atoms with E-state index in [1.54, 1.807) is 11.0 Å². The Morgan fingerprint density at radius 1 is 1.27 bits per heavy atom. The smallest absolute Gasteiger partial charge is 0.246 e. The number of sulfonamides is 1. The second kappa shape index (κ2) is 7.07. The molecule has 2 rings (SSSR count). The number of aryl methyl sites for hydroxylation is 1. The van der Waals surface area contributed by atoms with Gasteiger partial charge >= 0.3 is 0 Å². The molecule has 120 valence electrons. The Morgan fingerprint density at radius 3 is 2.50 bits per heavy atom. The Balaban J connectivity index is 1.89. The van der Waals surface area contributed by atoms with Crippen LogP contribution in [-0.2, 0) is 14.8 Å². The lowest BCUT2D eigenvalue weighted by atomic mass is 10.1. The van der Waals surface area contributed by atoms with Gasteiger partial charge in [0.2, 0.25) is 15.9 Å². The van der Waals surface area contributed by atoms with Crippen LogP contribution in [-0.4, -0.2) is 44.6 Å². The minimum Gasteiger partial charge on any atom is -0.339 e. The van der Waals surface area contributed by atoms with Crippen molar-refractivity contribution in [2.24, 2.45) is 0 Å². The van der Waals surface area contributed by atoms with Crippen LogP contribution in [0.25, 0.3) is 6.08 Å². The van der Waals surface area contributed by atoms with Gasteiger partial charge in [0, 0.05) is 25.2 Å². The highest BCUT2D eigenvalue weighted by Crippen LogP contribution is 2.13. The molecule has 1 fully saturated rings. The summed E-state index contributed by atoms with van der Waals surface area (Å²) in [6.45, 7) is 3.15. The fourth-order valence-corrected chi connectivity index (χ4v) is 3.40. The van der Waals surface area contributed by atoms with Crippen molar-refractivity contribution in [2.45, 2.75) is 25.8 Å². The van der Waals surface area contributed by atoms with E-state index in [2.05, 4.69) is 4.72 Å². The molecule has 0 unspecified atom stereocenters. The number of carbonyl (C=O) groups excluding carboxylic acids is 1. The number of rotatable bonds is 4. The van der Waals surface area contributed by atoms with Crippen molar-refractivity contribution in [3.63, 3.8) is 0 Å². The summed E-state index contributed by atoms with van der Waals surface area (Å²) in [7, 11) is -3.18. The third kappa shape index (κ3) is 4.96. The largest absolute Gasteiger partial charge is 0.339 e. The van der Waals surface area contributed by atoms with Gasteiger partial charge in [0.15, 0.2) is 0 Å². The van der Waals surface area contributed by atoms with Crippen LogP contribution in [0.1, 0.15) is 24.0 Å². The van der Waals surface area contributed by atoms with Crippen molar-refractivity contribution in [3.8, 4) is 0 Å². The molecule has 1 aromatic carbocycles. The van der Waals surface area contributed by atoms with Gasteiger partial charge in [-0.05, 0) is 37.0 Å². The Labute approximate surface area is 132 Å². The first-order valence-corrected chi connectivity index (χ1v) is 9.24. The highest BCUT2D eigenvalue weighted by molar-refractivity contribution is 7.88. The Kier molecular flexibility index (Phi) is 5.37. The molecule has 1 saturated heterocycles. The van der Waals surface area contributed by atoms with Crippen LogP contribution in [0, 0.1) is 6.92 Å². The number of amides is 1. The molecule has 5 nitrogen and oxygen atoms in total. The van der Waals surface area contributed by atoms with Crippen LogP contribution >= 0.6 is 0 Å². The van der Waals surface area contributed by atoms with E-state index in [1.165, 1.54) is 0 Å². The van der Waals surface area contributed by atoms with E-state index in [0.29, 0.717) is 25.9 Å². The van der Waals surface area contributed by atoms with Gasteiger partial charge in [-0.3, -0.25) is 4.79 Å². The van der Waals surface area contributed by atoms with Gasteiger partial charge in [-0.25, -0.2) is 13.1 Å². The lowest BCUT2D eigenvalue weighted by molar-refractivity contribution is -0.126. The predicted molar refractivity (Wildman–Crippen MR) is 87.8 cm³/mol. The molecule has 6 heteroatoms. The molecule has 1 aromatic rings. The number of benzene rings is 1. The minimum absolute atomic E-state index is 0.0268. The molecule has 0 radical (unpaired) electrons. The van der Waals surface area contributed by atoms with Crippen LogP contribution in [0.5, 0.6) is 0 Å². The Bertz CT molecular complexity index is 660. The van der Waals surface area contributed by atoms with E-state index in [4.69, 9.17) is 0 Å². The maximum atomic E-state index is 12.2. The SMILES string of the molecule is Cc1ccccc1/C=C/C(=O)N1CCC(NS(C)(=O)=O)CC1. The summed E-state index contributed by atoms with van der Waals surface area (Å²) in [6.07, 6.45) is 5.88. The molecule has 1 aliphatic rings. The zero-order chi connectivity index (χ0) is 16.2. The van der Waals surface area contributed by atoms with Gasteiger partial charge in [-0.15, -0.1) is 0 Å². The summed E-state index contributed by atoms with van der Waals surface area (Å²) >= 11 is 0. The van der Waals surface area contributed by atoms with E-state index < -0.39 is 10.0 Å². The summed E-state index contributed by atoms with van der Waals surface area (Å²) < 4.78 is 25.0. The van der Waals surface area contributed by atoms with Crippen LogP contribution in [0.2, 0.25) is 0 Å². The first-order chi connectivity index (χ1) is 10.3. The number of hydrogen-bond acceptors (Lipinski definition) is 3. The lowest BCUT2D eigenvalue weighted by Gasteiger charge is -2.31. The molecule has 22 heavy (non-hydrogen) atoms. The zero-order valence-electron chi connectivity index (χ0n) is 13.0. The van der Waals surface area contributed by atoms with E-state index in [-0.39, 0.29) is 11.9 Å². The first-order valence-electron chi connectivity index (χ1n) is 7.35. The van der Waals surface area contributed by atoms with E-state index >= 15 is 0 Å². The predicted octanol–water partition coefficient (Wildman–Crippen LogP) is 1.55. The Morgan fingerprint density at radius 2 is 1.91 bits per heavy atom. The third-order valence-corrected chi connectivity index (χ3v) is 4.54. The Hall–Kier alpha value is -1.66.